The number of alkyl halides is 4. The molecule has 0 bridgehead atoms. The lowest BCUT2D eigenvalue weighted by Crippen LogP contribution is -2.12. The first-order valence-electron chi connectivity index (χ1n) is 5.36. The van der Waals surface area contributed by atoms with E-state index < -0.39 is 39.6 Å². The number of nitrogens with one attached hydrogen (secondary N) is 1. The molecular weight excluding hydrogens is 318 g/mol. The van der Waals surface area contributed by atoms with Crippen molar-refractivity contribution in [1.82, 2.24) is 0 Å². The van der Waals surface area contributed by atoms with Gasteiger partial charge < -0.3 is 9.47 Å². The summed E-state index contributed by atoms with van der Waals surface area (Å²) in [5, 5.41) is 0. The molecule has 0 aliphatic rings. The third-order valence-electron chi connectivity index (χ3n) is 2.36. The van der Waals surface area contributed by atoms with Gasteiger partial charge in [-0.1, -0.05) is 0 Å². The largest absolute Gasteiger partial charge is 0.465 e. The van der Waals surface area contributed by atoms with E-state index in [2.05, 4.69) is 9.47 Å². The fourth-order valence-corrected chi connectivity index (χ4v) is 2.25. The number of carbonyl (C=O) groups is 1. The lowest BCUT2D eigenvalue weighted by atomic mass is 10.1. The highest BCUT2D eigenvalue weighted by Gasteiger charge is 2.24. The Morgan fingerprint density at radius 3 is 2.38 bits per heavy atom. The van der Waals surface area contributed by atoms with E-state index >= 15 is 0 Å². The van der Waals surface area contributed by atoms with Gasteiger partial charge in [-0.05, 0) is 23.8 Å². The Hall–Kier alpha value is -1.68. The summed E-state index contributed by atoms with van der Waals surface area (Å²) in [6.07, 6.45) is 0. The fourth-order valence-electron chi connectivity index (χ4n) is 1.42. The van der Waals surface area contributed by atoms with Crippen LogP contribution in [0.25, 0.3) is 0 Å². The molecule has 1 aromatic rings. The van der Waals surface area contributed by atoms with Crippen LogP contribution in [0.3, 0.4) is 0 Å². The van der Waals surface area contributed by atoms with Gasteiger partial charge >= 0.3 is 18.3 Å². The molecule has 0 spiro atoms. The van der Waals surface area contributed by atoms with Crippen molar-refractivity contribution in [1.29, 1.82) is 4.78 Å². The predicted molar refractivity (Wildman–Crippen MR) is 63.7 cm³/mol. The summed E-state index contributed by atoms with van der Waals surface area (Å²) in [6, 6.07) is 2.73. The molecule has 1 atom stereocenters. The normalized spacial score (nSPS) is 14.2. The molecular formula is C11H11F4NO4S. The number of methoxy groups -OCH3 is 1. The highest BCUT2D eigenvalue weighted by molar-refractivity contribution is 7.92. The molecule has 1 rings (SSSR count). The van der Waals surface area contributed by atoms with Gasteiger partial charge in [-0.3, -0.25) is 0 Å². The number of ether oxygens (including phenoxy) is 2. The van der Waals surface area contributed by atoms with Gasteiger partial charge in [0, 0.05) is 0 Å². The van der Waals surface area contributed by atoms with E-state index in [9.17, 15) is 26.6 Å². The van der Waals surface area contributed by atoms with Crippen LogP contribution in [0, 0.1) is 4.78 Å². The minimum Gasteiger partial charge on any atom is -0.465 e. The van der Waals surface area contributed by atoms with Crippen molar-refractivity contribution in [3.8, 4) is 0 Å². The molecule has 0 aliphatic carbocycles. The topological polar surface area (TPSA) is 76.5 Å². The van der Waals surface area contributed by atoms with Gasteiger partial charge in [0.05, 0.1) is 24.2 Å². The van der Waals surface area contributed by atoms with E-state index in [0.717, 1.165) is 25.3 Å². The van der Waals surface area contributed by atoms with Gasteiger partial charge in [-0.15, -0.1) is 0 Å². The third-order valence-corrected chi connectivity index (χ3v) is 3.80. The summed E-state index contributed by atoms with van der Waals surface area (Å²) in [4.78, 5) is 10.7. The number of esters is 1. The van der Waals surface area contributed by atoms with Gasteiger partial charge in [0.15, 0.2) is 0 Å². The van der Waals surface area contributed by atoms with Crippen LogP contribution in [0.1, 0.15) is 15.9 Å². The molecule has 118 valence electrons. The molecule has 21 heavy (non-hydrogen) atoms. The van der Waals surface area contributed by atoms with Crippen molar-refractivity contribution in [3.63, 3.8) is 0 Å². The van der Waals surface area contributed by atoms with Crippen LogP contribution < -0.4 is 0 Å². The third kappa shape index (κ3) is 4.39. The maximum Gasteiger partial charge on any atom is 0.345 e. The summed E-state index contributed by atoms with van der Waals surface area (Å²) >= 11 is 0. The second-order valence-electron chi connectivity index (χ2n) is 3.79. The average molecular weight is 329 g/mol. The molecule has 0 saturated carbocycles. The second-order valence-corrected chi connectivity index (χ2v) is 5.82. The first-order valence-corrected chi connectivity index (χ1v) is 6.98. The summed E-state index contributed by atoms with van der Waals surface area (Å²) in [6.45, 7) is -3.81. The highest BCUT2D eigenvalue weighted by atomic mass is 32.2. The van der Waals surface area contributed by atoms with Gasteiger partial charge in [-0.25, -0.2) is 13.8 Å². The SMILES string of the molecule is COC(=O)c1cc(COC(F)F)cc(S(=N)(=O)C(F)F)c1. The maximum atomic E-state index is 12.6. The van der Waals surface area contributed by atoms with Crippen molar-refractivity contribution >= 4 is 15.7 Å². The maximum absolute atomic E-state index is 12.6. The molecule has 0 saturated heterocycles. The molecule has 0 fully saturated rings. The van der Waals surface area contributed by atoms with E-state index in [4.69, 9.17) is 4.78 Å². The lowest BCUT2D eigenvalue weighted by molar-refractivity contribution is -0.137. The average Bonchev–Trinajstić information content (AvgIpc) is 2.43. The van der Waals surface area contributed by atoms with Crippen LogP contribution in [0.4, 0.5) is 17.6 Å². The number of hydrogen-bond donors (Lipinski definition) is 1. The minimum atomic E-state index is -4.49. The van der Waals surface area contributed by atoms with Crippen LogP contribution in [-0.4, -0.2) is 29.7 Å². The number of rotatable bonds is 6. The Balaban J connectivity index is 3.31. The van der Waals surface area contributed by atoms with Crippen LogP contribution in [0.2, 0.25) is 0 Å². The molecule has 1 N–H and O–H groups in total. The standard InChI is InChI=1S/C11H11F4NO4S/c1-19-9(17)7-2-6(5-20-10(12)13)3-8(4-7)21(16,18)11(14)15/h2-4,10-11,16H,5H2,1H3. The zero-order chi connectivity index (χ0) is 16.2. The molecule has 0 aliphatic heterocycles. The smallest absolute Gasteiger partial charge is 0.345 e. The summed E-state index contributed by atoms with van der Waals surface area (Å²) < 4.78 is 76.4. The van der Waals surface area contributed by atoms with Gasteiger partial charge in [0.2, 0.25) is 0 Å². The van der Waals surface area contributed by atoms with Crippen LogP contribution in [0.15, 0.2) is 23.1 Å². The number of hydrogen-bond acceptors (Lipinski definition) is 5. The van der Waals surface area contributed by atoms with E-state index in [1.165, 1.54) is 0 Å². The second kappa shape index (κ2) is 6.85. The molecule has 0 amide bonds. The quantitative estimate of drug-likeness (QED) is 0.643. The zero-order valence-electron chi connectivity index (χ0n) is 10.6. The lowest BCUT2D eigenvalue weighted by Gasteiger charge is -2.11. The molecule has 10 heteroatoms. The first-order chi connectivity index (χ1) is 9.68. The van der Waals surface area contributed by atoms with Crippen molar-refractivity contribution in [2.45, 2.75) is 23.9 Å². The fraction of sp³-hybridized carbons (Fsp3) is 0.364. The van der Waals surface area contributed by atoms with Crippen LogP contribution in [0.5, 0.6) is 0 Å². The first kappa shape index (κ1) is 17.4. The zero-order valence-corrected chi connectivity index (χ0v) is 11.5. The highest BCUT2D eigenvalue weighted by Crippen LogP contribution is 2.23. The summed E-state index contributed by atoms with van der Waals surface area (Å²) in [5.74, 6) is -4.44. The van der Waals surface area contributed by atoms with Gasteiger partial charge in [0.1, 0.15) is 9.73 Å². The van der Waals surface area contributed by atoms with E-state index in [-0.39, 0.29) is 11.1 Å². The van der Waals surface area contributed by atoms with Gasteiger partial charge in [0.25, 0.3) is 0 Å². The Bertz CT molecular complexity index is 619. The van der Waals surface area contributed by atoms with Crippen LogP contribution >= 0.6 is 0 Å². The molecule has 0 radical (unpaired) electrons. The molecule has 1 unspecified atom stereocenters. The van der Waals surface area contributed by atoms with Crippen molar-refractivity contribution in [2.75, 3.05) is 7.11 Å². The Morgan fingerprint density at radius 2 is 1.90 bits per heavy atom. The monoisotopic (exact) mass is 329 g/mol. The van der Waals surface area contributed by atoms with Gasteiger partial charge in [-0.2, -0.15) is 17.6 Å². The number of benzene rings is 1. The molecule has 5 nitrogen and oxygen atoms in total. The van der Waals surface area contributed by atoms with E-state index in [1.807, 2.05) is 0 Å². The van der Waals surface area contributed by atoms with Crippen molar-refractivity contribution in [2.24, 2.45) is 0 Å². The number of carbonyl (C=O) groups excluding carboxylic acids is 1. The summed E-state index contributed by atoms with van der Waals surface area (Å²) in [7, 11) is -3.46. The minimum absolute atomic E-state index is 0.103. The number of halogens is 4. The molecule has 0 aromatic heterocycles. The Labute approximate surface area is 117 Å². The predicted octanol–water partition coefficient (Wildman–Crippen LogP) is 2.84. The summed E-state index contributed by atoms with van der Waals surface area (Å²) in [5.41, 5.74) is -0.391. The van der Waals surface area contributed by atoms with Crippen molar-refractivity contribution < 1.29 is 36.0 Å². The van der Waals surface area contributed by atoms with E-state index in [1.54, 1.807) is 0 Å². The molecule has 0 heterocycles. The molecule has 1 aromatic carbocycles. The van der Waals surface area contributed by atoms with Crippen LogP contribution in [-0.2, 0) is 25.8 Å². The van der Waals surface area contributed by atoms with E-state index in [0.29, 0.717) is 0 Å². The Morgan fingerprint density at radius 1 is 1.29 bits per heavy atom. The Kier molecular flexibility index (Phi) is 5.67. The van der Waals surface area contributed by atoms with Crippen molar-refractivity contribution in [3.05, 3.63) is 29.3 Å².